The number of hydrogen-bond acceptors (Lipinski definition) is 4. The molecule has 0 aromatic rings. The molecule has 0 aromatic heterocycles. The highest BCUT2D eigenvalue weighted by atomic mass is 16.6. The third-order valence-corrected chi connectivity index (χ3v) is 2.94. The van der Waals surface area contributed by atoms with Gasteiger partial charge in [-0.25, -0.2) is 0 Å². The molecule has 2 aliphatic heterocycles. The largest absolute Gasteiger partial charge is 0.377 e. The van der Waals surface area contributed by atoms with Crippen molar-refractivity contribution in [3.8, 4) is 0 Å². The van der Waals surface area contributed by atoms with Crippen LogP contribution >= 0.6 is 0 Å². The third kappa shape index (κ3) is 1.53. The standard InChI is InChI=1S/C8H14N2O3/c11-10(12)5-8(6-13-7-8)9-3-1-2-4-9/h1-7H2. The quantitative estimate of drug-likeness (QED) is 0.464. The maximum Gasteiger partial charge on any atom is 0.226 e. The molecule has 0 aliphatic carbocycles. The summed E-state index contributed by atoms with van der Waals surface area (Å²) in [6.07, 6.45) is 2.33. The zero-order chi connectivity index (χ0) is 9.31. The number of likely N-dealkylation sites (tertiary alicyclic amines) is 1. The molecule has 13 heavy (non-hydrogen) atoms. The van der Waals surface area contributed by atoms with Crippen LogP contribution in [-0.2, 0) is 4.74 Å². The van der Waals surface area contributed by atoms with Crippen LogP contribution in [0.3, 0.4) is 0 Å². The van der Waals surface area contributed by atoms with Gasteiger partial charge in [0.15, 0.2) is 0 Å². The van der Waals surface area contributed by atoms with E-state index in [0.717, 1.165) is 13.1 Å². The minimum Gasteiger partial charge on any atom is -0.377 e. The third-order valence-electron chi connectivity index (χ3n) is 2.94. The second-order valence-corrected chi connectivity index (χ2v) is 3.90. The molecule has 0 aromatic carbocycles. The smallest absolute Gasteiger partial charge is 0.226 e. The van der Waals surface area contributed by atoms with Crippen LogP contribution in [0.25, 0.3) is 0 Å². The molecule has 0 bridgehead atoms. The Bertz CT molecular complexity index is 209. The second-order valence-electron chi connectivity index (χ2n) is 3.90. The van der Waals surface area contributed by atoms with E-state index in [2.05, 4.69) is 4.90 Å². The van der Waals surface area contributed by atoms with Crippen molar-refractivity contribution in [2.75, 3.05) is 32.8 Å². The summed E-state index contributed by atoms with van der Waals surface area (Å²) in [5.41, 5.74) is -0.264. The zero-order valence-electron chi connectivity index (χ0n) is 7.57. The number of hydrogen-bond donors (Lipinski definition) is 0. The number of nitrogens with zero attached hydrogens (tertiary/aromatic N) is 2. The van der Waals surface area contributed by atoms with E-state index in [1.807, 2.05) is 0 Å². The summed E-state index contributed by atoms with van der Waals surface area (Å²) in [7, 11) is 0. The van der Waals surface area contributed by atoms with Crippen molar-refractivity contribution in [3.05, 3.63) is 10.1 Å². The van der Waals surface area contributed by atoms with E-state index in [-0.39, 0.29) is 17.0 Å². The van der Waals surface area contributed by atoms with Crippen LogP contribution in [-0.4, -0.2) is 48.2 Å². The van der Waals surface area contributed by atoms with Crippen LogP contribution in [0.2, 0.25) is 0 Å². The molecular formula is C8H14N2O3. The predicted molar refractivity (Wildman–Crippen MR) is 46.2 cm³/mol. The molecular weight excluding hydrogens is 172 g/mol. The first-order valence-electron chi connectivity index (χ1n) is 4.68. The average Bonchev–Trinajstić information content (AvgIpc) is 2.48. The minimum atomic E-state index is -0.264. The highest BCUT2D eigenvalue weighted by molar-refractivity contribution is 4.97. The van der Waals surface area contributed by atoms with Gasteiger partial charge in [0.2, 0.25) is 6.54 Å². The monoisotopic (exact) mass is 186 g/mol. The molecule has 2 rings (SSSR count). The lowest BCUT2D eigenvalue weighted by Gasteiger charge is -2.44. The van der Waals surface area contributed by atoms with Crippen molar-refractivity contribution in [1.82, 2.24) is 4.90 Å². The van der Waals surface area contributed by atoms with Crippen molar-refractivity contribution in [3.63, 3.8) is 0 Å². The van der Waals surface area contributed by atoms with Crippen LogP contribution in [0.1, 0.15) is 12.8 Å². The van der Waals surface area contributed by atoms with Gasteiger partial charge in [0.05, 0.1) is 13.2 Å². The summed E-state index contributed by atoms with van der Waals surface area (Å²) in [6.45, 7) is 3.10. The molecule has 5 heteroatoms. The van der Waals surface area contributed by atoms with Gasteiger partial charge in [-0.3, -0.25) is 15.0 Å². The van der Waals surface area contributed by atoms with E-state index >= 15 is 0 Å². The topological polar surface area (TPSA) is 55.6 Å². The Morgan fingerprint density at radius 2 is 2.00 bits per heavy atom. The Kier molecular flexibility index (Phi) is 2.21. The molecule has 0 saturated carbocycles. The van der Waals surface area contributed by atoms with Gasteiger partial charge in [-0.15, -0.1) is 0 Å². The first kappa shape index (κ1) is 8.90. The average molecular weight is 186 g/mol. The van der Waals surface area contributed by atoms with E-state index in [9.17, 15) is 10.1 Å². The molecule has 2 fully saturated rings. The Hall–Kier alpha value is -0.680. The first-order chi connectivity index (χ1) is 6.23. The maximum atomic E-state index is 10.5. The zero-order valence-corrected chi connectivity index (χ0v) is 7.57. The van der Waals surface area contributed by atoms with Crippen LogP contribution in [0.4, 0.5) is 0 Å². The van der Waals surface area contributed by atoms with Crippen molar-refractivity contribution < 1.29 is 9.66 Å². The second kappa shape index (κ2) is 3.23. The van der Waals surface area contributed by atoms with Crippen LogP contribution < -0.4 is 0 Å². The molecule has 0 N–H and O–H groups in total. The van der Waals surface area contributed by atoms with Crippen molar-refractivity contribution >= 4 is 0 Å². The van der Waals surface area contributed by atoms with Crippen molar-refractivity contribution in [2.24, 2.45) is 0 Å². The molecule has 0 atom stereocenters. The number of ether oxygens (including phenoxy) is 1. The Labute approximate surface area is 76.8 Å². The highest BCUT2D eigenvalue weighted by Crippen LogP contribution is 2.28. The van der Waals surface area contributed by atoms with Crippen LogP contribution in [0, 0.1) is 10.1 Å². The van der Waals surface area contributed by atoms with Crippen LogP contribution in [0.15, 0.2) is 0 Å². The van der Waals surface area contributed by atoms with E-state index < -0.39 is 0 Å². The van der Waals surface area contributed by atoms with Crippen LogP contribution in [0.5, 0.6) is 0 Å². The van der Waals surface area contributed by atoms with E-state index in [1.54, 1.807) is 0 Å². The molecule has 2 aliphatic rings. The summed E-state index contributed by atoms with van der Waals surface area (Å²) in [5.74, 6) is 0. The maximum absolute atomic E-state index is 10.5. The number of rotatable bonds is 3. The summed E-state index contributed by atoms with van der Waals surface area (Å²) in [5, 5.41) is 10.5. The fourth-order valence-electron chi connectivity index (χ4n) is 2.14. The molecule has 0 radical (unpaired) electrons. The summed E-state index contributed by atoms with van der Waals surface area (Å²) in [6, 6.07) is 0. The van der Waals surface area contributed by atoms with E-state index in [4.69, 9.17) is 4.74 Å². The molecule has 0 spiro atoms. The Balaban J connectivity index is 2.01. The lowest BCUT2D eigenvalue weighted by molar-refractivity contribution is -0.504. The van der Waals surface area contributed by atoms with Crippen molar-refractivity contribution in [1.29, 1.82) is 0 Å². The lowest BCUT2D eigenvalue weighted by atomic mass is 9.95. The molecule has 2 saturated heterocycles. The molecule has 0 amide bonds. The van der Waals surface area contributed by atoms with Crippen molar-refractivity contribution in [2.45, 2.75) is 18.4 Å². The van der Waals surface area contributed by atoms with Gasteiger partial charge < -0.3 is 4.74 Å². The fraction of sp³-hybridized carbons (Fsp3) is 1.00. The summed E-state index contributed by atoms with van der Waals surface area (Å²) < 4.78 is 5.11. The Morgan fingerprint density at radius 1 is 1.38 bits per heavy atom. The summed E-state index contributed by atoms with van der Waals surface area (Å²) in [4.78, 5) is 12.5. The lowest BCUT2D eigenvalue weighted by Crippen LogP contribution is -2.65. The summed E-state index contributed by atoms with van der Waals surface area (Å²) >= 11 is 0. The van der Waals surface area contributed by atoms with Gasteiger partial charge in [0, 0.05) is 4.92 Å². The van der Waals surface area contributed by atoms with Gasteiger partial charge in [-0.05, 0) is 25.9 Å². The first-order valence-corrected chi connectivity index (χ1v) is 4.68. The molecule has 74 valence electrons. The van der Waals surface area contributed by atoms with E-state index in [0.29, 0.717) is 13.2 Å². The molecule has 2 heterocycles. The normalized spacial score (nSPS) is 27.1. The highest BCUT2D eigenvalue weighted by Gasteiger charge is 2.49. The Morgan fingerprint density at radius 3 is 2.38 bits per heavy atom. The van der Waals surface area contributed by atoms with E-state index in [1.165, 1.54) is 12.8 Å². The van der Waals surface area contributed by atoms with Gasteiger partial charge >= 0.3 is 0 Å². The van der Waals surface area contributed by atoms with Gasteiger partial charge in [0.25, 0.3) is 0 Å². The molecule has 0 unspecified atom stereocenters. The molecule has 5 nitrogen and oxygen atoms in total. The SMILES string of the molecule is O=[N+]([O-])CC1(N2CCCC2)COC1. The minimum absolute atomic E-state index is 0.0347. The fourth-order valence-corrected chi connectivity index (χ4v) is 2.14. The van der Waals surface area contributed by atoms with Gasteiger partial charge in [0.1, 0.15) is 5.54 Å². The number of nitro groups is 1. The van der Waals surface area contributed by atoms with Gasteiger partial charge in [-0.1, -0.05) is 0 Å². The van der Waals surface area contributed by atoms with Gasteiger partial charge in [-0.2, -0.15) is 0 Å². The predicted octanol–water partition coefficient (Wildman–Crippen LogP) is 0.128.